The molecule has 2 aromatic heterocycles. The largest absolute Gasteiger partial charge is 0.463 e. The summed E-state index contributed by atoms with van der Waals surface area (Å²) >= 11 is 0. The summed E-state index contributed by atoms with van der Waals surface area (Å²) in [7, 11) is 0. The molecule has 150 valence electrons. The lowest BCUT2D eigenvalue weighted by Gasteiger charge is -2.24. The van der Waals surface area contributed by atoms with Gasteiger partial charge >= 0.3 is 17.9 Å². The molecule has 1 N–H and O–H groups in total. The molecule has 0 saturated carbocycles. The number of fused-ring (bicyclic) bond motifs is 1. The van der Waals surface area contributed by atoms with E-state index in [1.807, 2.05) is 0 Å². The Labute approximate surface area is 158 Å². The van der Waals surface area contributed by atoms with Gasteiger partial charge in [0.25, 0.3) is 5.56 Å². The minimum atomic E-state index is -1.04. The zero-order valence-electron chi connectivity index (χ0n) is 15.4. The molecule has 0 bridgehead atoms. The molecular formula is C17H19N3O8. The lowest BCUT2D eigenvalue weighted by molar-refractivity contribution is -0.166. The minimum absolute atomic E-state index is 0.214. The second-order valence-electron chi connectivity index (χ2n) is 6.21. The molecule has 3 heterocycles. The Hall–Kier alpha value is -3.21. The third-order valence-electron chi connectivity index (χ3n) is 4.13. The van der Waals surface area contributed by atoms with Gasteiger partial charge in [0.15, 0.2) is 18.4 Å². The van der Waals surface area contributed by atoms with Crippen LogP contribution in [-0.4, -0.2) is 57.4 Å². The number of carbonyl (C=O) groups excluding carboxylic acids is 3. The molecule has 1 saturated heterocycles. The summed E-state index contributed by atoms with van der Waals surface area (Å²) in [6.07, 6.45) is -1.13. The van der Waals surface area contributed by atoms with E-state index in [9.17, 15) is 19.2 Å². The normalized spacial score (nSPS) is 24.1. The monoisotopic (exact) mass is 393 g/mol. The molecule has 0 radical (unpaired) electrons. The van der Waals surface area contributed by atoms with Gasteiger partial charge in [0.05, 0.1) is 11.7 Å². The topological polar surface area (TPSA) is 139 Å². The quantitative estimate of drug-likeness (QED) is 0.551. The van der Waals surface area contributed by atoms with Crippen molar-refractivity contribution >= 4 is 28.9 Å². The highest BCUT2D eigenvalue weighted by Crippen LogP contribution is 2.35. The lowest BCUT2D eigenvalue weighted by Crippen LogP contribution is -2.40. The van der Waals surface area contributed by atoms with E-state index in [1.54, 1.807) is 6.20 Å². The number of ether oxygens (including phenoxy) is 4. The number of rotatable bonds is 5. The van der Waals surface area contributed by atoms with Gasteiger partial charge in [-0.25, -0.2) is 4.98 Å². The van der Waals surface area contributed by atoms with Crippen molar-refractivity contribution in [2.75, 3.05) is 6.61 Å². The minimum Gasteiger partial charge on any atom is -0.463 e. The van der Waals surface area contributed by atoms with Crippen LogP contribution in [0.25, 0.3) is 11.0 Å². The molecule has 0 aliphatic carbocycles. The zero-order chi connectivity index (χ0) is 20.4. The molecule has 1 aliphatic rings. The van der Waals surface area contributed by atoms with Crippen LogP contribution in [0.3, 0.4) is 0 Å². The average Bonchev–Trinajstić information content (AvgIpc) is 3.16. The summed E-state index contributed by atoms with van der Waals surface area (Å²) in [5.74, 6) is -1.78. The maximum absolute atomic E-state index is 12.0. The van der Waals surface area contributed by atoms with Gasteiger partial charge in [-0.1, -0.05) is 0 Å². The number of carbonyl (C=O) groups is 3. The Kier molecular flexibility index (Phi) is 5.45. The highest BCUT2D eigenvalue weighted by atomic mass is 16.7. The maximum Gasteiger partial charge on any atom is 0.303 e. The highest BCUT2D eigenvalue weighted by Gasteiger charge is 2.50. The van der Waals surface area contributed by atoms with Gasteiger partial charge in [-0.15, -0.1) is 0 Å². The van der Waals surface area contributed by atoms with Crippen LogP contribution in [0.15, 0.2) is 23.4 Å². The molecule has 11 heteroatoms. The number of aromatic nitrogens is 3. The summed E-state index contributed by atoms with van der Waals surface area (Å²) < 4.78 is 23.1. The van der Waals surface area contributed by atoms with Gasteiger partial charge in [-0.05, 0) is 6.07 Å². The Bertz CT molecular complexity index is 965. The fourth-order valence-corrected chi connectivity index (χ4v) is 3.10. The Morgan fingerprint density at radius 1 is 1.14 bits per heavy atom. The first-order valence-electron chi connectivity index (χ1n) is 8.45. The van der Waals surface area contributed by atoms with Crippen molar-refractivity contribution in [3.05, 3.63) is 28.9 Å². The predicted octanol–water partition coefficient (Wildman–Crippen LogP) is 0.0485. The van der Waals surface area contributed by atoms with Crippen molar-refractivity contribution in [2.45, 2.75) is 45.3 Å². The summed E-state index contributed by atoms with van der Waals surface area (Å²) in [6, 6.07) is 1.54. The third kappa shape index (κ3) is 3.88. The molecule has 1 aliphatic heterocycles. The van der Waals surface area contributed by atoms with Gasteiger partial charge in [0, 0.05) is 27.0 Å². The molecule has 2 aromatic rings. The van der Waals surface area contributed by atoms with E-state index in [-0.39, 0.29) is 12.2 Å². The summed E-state index contributed by atoms with van der Waals surface area (Å²) in [5.41, 5.74) is -0.0561. The molecule has 1 fully saturated rings. The summed E-state index contributed by atoms with van der Waals surface area (Å²) in [4.78, 5) is 53.0. The fourth-order valence-electron chi connectivity index (χ4n) is 3.10. The van der Waals surface area contributed by atoms with Crippen molar-refractivity contribution in [2.24, 2.45) is 0 Å². The summed E-state index contributed by atoms with van der Waals surface area (Å²) in [6.45, 7) is 3.42. The van der Waals surface area contributed by atoms with Crippen LogP contribution in [0, 0.1) is 0 Å². The molecule has 0 amide bonds. The standard InChI is InChI=1S/C17H19N3O8/c1-8(21)25-6-12-13(26-9(2)22)14(27-10(3)23)17(28-12)20-5-4-11-15(20)18-7-19-16(11)24/h4-5,7,12-14,17H,6H2,1-3H3,(H,18,19,24)/t12-,13-,14+,17+/m1/s1. The molecular weight excluding hydrogens is 374 g/mol. The Morgan fingerprint density at radius 3 is 2.46 bits per heavy atom. The first kappa shape index (κ1) is 19.5. The van der Waals surface area contributed by atoms with E-state index in [4.69, 9.17) is 18.9 Å². The van der Waals surface area contributed by atoms with Gasteiger partial charge in [0.2, 0.25) is 0 Å². The van der Waals surface area contributed by atoms with Crippen molar-refractivity contribution in [1.82, 2.24) is 14.5 Å². The van der Waals surface area contributed by atoms with Crippen LogP contribution in [0.2, 0.25) is 0 Å². The molecule has 4 atom stereocenters. The van der Waals surface area contributed by atoms with Crippen LogP contribution in [0.5, 0.6) is 0 Å². The van der Waals surface area contributed by atoms with E-state index in [0.717, 1.165) is 0 Å². The molecule has 28 heavy (non-hydrogen) atoms. The average molecular weight is 393 g/mol. The first-order chi connectivity index (χ1) is 13.3. The van der Waals surface area contributed by atoms with E-state index >= 15 is 0 Å². The van der Waals surface area contributed by atoms with Crippen LogP contribution >= 0.6 is 0 Å². The molecule has 0 spiro atoms. The SMILES string of the molecule is CC(=O)OC[C@H]1O[C@H](n2ccc3c(=O)[nH]cnc32)[C@@H](OC(C)=O)[C@@H]1OC(C)=O. The van der Waals surface area contributed by atoms with Crippen molar-refractivity contribution in [3.63, 3.8) is 0 Å². The van der Waals surface area contributed by atoms with Gasteiger partial charge in [-0.2, -0.15) is 0 Å². The number of nitrogens with zero attached hydrogens (tertiary/aromatic N) is 2. The second-order valence-corrected chi connectivity index (χ2v) is 6.21. The third-order valence-corrected chi connectivity index (χ3v) is 4.13. The molecule has 0 unspecified atom stereocenters. The fraction of sp³-hybridized carbons (Fsp3) is 0.471. The maximum atomic E-state index is 12.0. The van der Waals surface area contributed by atoms with Crippen LogP contribution in [-0.2, 0) is 33.3 Å². The second kappa shape index (κ2) is 7.80. The van der Waals surface area contributed by atoms with Gasteiger partial charge < -0.3 is 28.5 Å². The number of hydrogen-bond donors (Lipinski definition) is 1. The number of nitrogens with one attached hydrogen (secondary N) is 1. The number of hydrogen-bond acceptors (Lipinski definition) is 9. The number of H-pyrrole nitrogens is 1. The molecule has 11 nitrogen and oxygen atoms in total. The molecule has 3 rings (SSSR count). The smallest absolute Gasteiger partial charge is 0.303 e. The first-order valence-corrected chi connectivity index (χ1v) is 8.45. The van der Waals surface area contributed by atoms with Gasteiger partial charge in [-0.3, -0.25) is 19.2 Å². The van der Waals surface area contributed by atoms with Crippen LogP contribution in [0.1, 0.15) is 27.0 Å². The number of esters is 3. The van der Waals surface area contributed by atoms with Crippen LogP contribution < -0.4 is 5.56 Å². The summed E-state index contributed by atoms with van der Waals surface area (Å²) in [5, 5.41) is 0.306. The lowest BCUT2D eigenvalue weighted by atomic mass is 10.1. The zero-order valence-corrected chi connectivity index (χ0v) is 15.4. The van der Waals surface area contributed by atoms with Crippen LogP contribution in [0.4, 0.5) is 0 Å². The Balaban J connectivity index is 2.02. The van der Waals surface area contributed by atoms with E-state index in [1.165, 1.54) is 37.7 Å². The Morgan fingerprint density at radius 2 is 1.82 bits per heavy atom. The highest BCUT2D eigenvalue weighted by molar-refractivity contribution is 5.75. The van der Waals surface area contributed by atoms with Crippen molar-refractivity contribution in [3.8, 4) is 0 Å². The van der Waals surface area contributed by atoms with E-state index in [2.05, 4.69) is 9.97 Å². The number of aromatic amines is 1. The predicted molar refractivity (Wildman–Crippen MR) is 92.0 cm³/mol. The van der Waals surface area contributed by atoms with Crippen molar-refractivity contribution in [1.29, 1.82) is 0 Å². The molecule has 0 aromatic carbocycles. The van der Waals surface area contributed by atoms with Crippen molar-refractivity contribution < 1.29 is 33.3 Å². The van der Waals surface area contributed by atoms with Gasteiger partial charge in [0.1, 0.15) is 18.4 Å². The van der Waals surface area contributed by atoms with E-state index in [0.29, 0.717) is 11.0 Å². The van der Waals surface area contributed by atoms with E-state index < -0.39 is 42.4 Å².